The van der Waals surface area contributed by atoms with Gasteiger partial charge in [-0.25, -0.2) is 4.98 Å². The van der Waals surface area contributed by atoms with Gasteiger partial charge in [0.2, 0.25) is 0 Å². The van der Waals surface area contributed by atoms with E-state index in [4.69, 9.17) is 0 Å². The molecule has 3 aromatic heterocycles. The number of H-pyrrole nitrogens is 1. The minimum absolute atomic E-state index is 0.146. The van der Waals surface area contributed by atoms with Crippen molar-refractivity contribution in [2.75, 3.05) is 0 Å². The van der Waals surface area contributed by atoms with Crippen molar-refractivity contribution < 1.29 is 13.2 Å². The van der Waals surface area contributed by atoms with Crippen LogP contribution in [0.1, 0.15) is 5.69 Å². The summed E-state index contributed by atoms with van der Waals surface area (Å²) in [4.78, 5) is 8.77. The van der Waals surface area contributed by atoms with Gasteiger partial charge in [0, 0.05) is 17.0 Å². The molecule has 0 bridgehead atoms. The van der Waals surface area contributed by atoms with E-state index in [2.05, 4.69) is 15.1 Å². The second-order valence-electron chi connectivity index (χ2n) is 5.07. The van der Waals surface area contributed by atoms with Crippen LogP contribution in [-0.2, 0) is 6.18 Å². The van der Waals surface area contributed by atoms with Crippen LogP contribution in [0.3, 0.4) is 0 Å². The number of nitrogens with zero attached hydrogens (tertiary/aromatic N) is 3. The van der Waals surface area contributed by atoms with Crippen molar-refractivity contribution in [3.05, 3.63) is 54.4 Å². The number of hydrogen-bond donors (Lipinski definition) is 1. The third-order valence-corrected chi connectivity index (χ3v) is 3.58. The monoisotopic (exact) mass is 314 g/mol. The second kappa shape index (κ2) is 4.77. The number of pyridine rings is 2. The van der Waals surface area contributed by atoms with Crippen LogP contribution in [0.4, 0.5) is 13.2 Å². The van der Waals surface area contributed by atoms with Gasteiger partial charge in [0.05, 0.1) is 16.7 Å². The minimum atomic E-state index is -4.46. The second-order valence-corrected chi connectivity index (χ2v) is 5.07. The molecular formula is C16H9F3N4. The van der Waals surface area contributed by atoms with Crippen molar-refractivity contribution in [1.82, 2.24) is 20.2 Å². The maximum atomic E-state index is 12.7. The molecule has 0 atom stereocenters. The van der Waals surface area contributed by atoms with Gasteiger partial charge < -0.3 is 0 Å². The van der Waals surface area contributed by atoms with E-state index >= 15 is 0 Å². The molecule has 0 aliphatic rings. The van der Waals surface area contributed by atoms with Crippen molar-refractivity contribution >= 4 is 21.8 Å². The highest BCUT2D eigenvalue weighted by Gasteiger charge is 2.33. The highest BCUT2D eigenvalue weighted by Crippen LogP contribution is 2.31. The van der Waals surface area contributed by atoms with Gasteiger partial charge in [0.25, 0.3) is 0 Å². The normalized spacial score (nSPS) is 12.1. The lowest BCUT2D eigenvalue weighted by Gasteiger charge is -2.04. The van der Waals surface area contributed by atoms with Crippen LogP contribution in [0.25, 0.3) is 33.2 Å². The van der Waals surface area contributed by atoms with Crippen molar-refractivity contribution in [3.8, 4) is 11.4 Å². The van der Waals surface area contributed by atoms with E-state index in [0.717, 1.165) is 16.8 Å². The molecule has 0 saturated carbocycles. The summed E-state index contributed by atoms with van der Waals surface area (Å²) in [6.45, 7) is 0. The van der Waals surface area contributed by atoms with E-state index in [-0.39, 0.29) is 5.69 Å². The molecule has 0 spiro atoms. The summed E-state index contributed by atoms with van der Waals surface area (Å²) in [6.07, 6.45) is -2.80. The van der Waals surface area contributed by atoms with Crippen molar-refractivity contribution in [1.29, 1.82) is 0 Å². The van der Waals surface area contributed by atoms with E-state index in [1.54, 1.807) is 18.3 Å². The lowest BCUT2D eigenvalue weighted by Crippen LogP contribution is -2.04. The van der Waals surface area contributed by atoms with Gasteiger partial charge in [-0.2, -0.15) is 18.3 Å². The Bertz CT molecular complexity index is 1020. The fourth-order valence-corrected chi connectivity index (χ4v) is 2.46. The standard InChI is InChI=1S/C16H9F3N4/c17-16(18,19)13-8-12(22-23-13)11-6-5-10-4-3-9-2-1-7-20-14(9)15(10)21-11/h1-8H,(H,22,23). The maximum Gasteiger partial charge on any atom is 0.432 e. The fraction of sp³-hybridized carbons (Fsp3) is 0.0625. The molecule has 4 rings (SSSR count). The average Bonchev–Trinajstić information content (AvgIpc) is 3.04. The first-order valence-corrected chi connectivity index (χ1v) is 6.80. The Balaban J connectivity index is 1.91. The number of fused-ring (bicyclic) bond motifs is 3. The molecular weight excluding hydrogens is 305 g/mol. The minimum Gasteiger partial charge on any atom is -0.273 e. The zero-order valence-electron chi connectivity index (χ0n) is 11.6. The molecule has 0 aliphatic heterocycles. The zero-order valence-corrected chi connectivity index (χ0v) is 11.6. The quantitative estimate of drug-likeness (QED) is 0.536. The number of rotatable bonds is 1. The first kappa shape index (κ1) is 13.7. The Morgan fingerprint density at radius 1 is 0.870 bits per heavy atom. The Labute approximate surface area is 128 Å². The Morgan fingerprint density at radius 2 is 1.61 bits per heavy atom. The number of alkyl halides is 3. The summed E-state index contributed by atoms with van der Waals surface area (Å²) < 4.78 is 38.0. The topological polar surface area (TPSA) is 54.5 Å². The van der Waals surface area contributed by atoms with Gasteiger partial charge in [0.1, 0.15) is 11.4 Å². The number of hydrogen-bond acceptors (Lipinski definition) is 3. The van der Waals surface area contributed by atoms with E-state index in [0.29, 0.717) is 16.7 Å². The van der Waals surface area contributed by atoms with Crippen LogP contribution in [0.2, 0.25) is 0 Å². The average molecular weight is 314 g/mol. The van der Waals surface area contributed by atoms with Crippen molar-refractivity contribution in [3.63, 3.8) is 0 Å². The van der Waals surface area contributed by atoms with Crippen LogP contribution >= 0.6 is 0 Å². The van der Waals surface area contributed by atoms with Crippen LogP contribution in [0.5, 0.6) is 0 Å². The number of halogens is 3. The molecule has 1 aromatic carbocycles. The SMILES string of the molecule is FC(F)(F)c1cc(-c2ccc3ccc4cccnc4c3n2)n[nH]1. The number of aromatic nitrogens is 4. The highest BCUT2D eigenvalue weighted by molar-refractivity contribution is 6.03. The van der Waals surface area contributed by atoms with Crippen LogP contribution in [-0.4, -0.2) is 20.2 Å². The summed E-state index contributed by atoms with van der Waals surface area (Å²) in [5.74, 6) is 0. The smallest absolute Gasteiger partial charge is 0.273 e. The lowest BCUT2D eigenvalue weighted by atomic mass is 10.1. The molecule has 0 radical (unpaired) electrons. The predicted molar refractivity (Wildman–Crippen MR) is 79.6 cm³/mol. The van der Waals surface area contributed by atoms with Gasteiger partial charge in [0.15, 0.2) is 0 Å². The maximum absolute atomic E-state index is 12.7. The van der Waals surface area contributed by atoms with Gasteiger partial charge in [-0.15, -0.1) is 0 Å². The Hall–Kier alpha value is -2.96. The van der Waals surface area contributed by atoms with Gasteiger partial charge in [-0.05, 0) is 18.2 Å². The molecule has 1 N–H and O–H groups in total. The van der Waals surface area contributed by atoms with Crippen LogP contribution in [0.15, 0.2) is 48.7 Å². The molecule has 0 amide bonds. The third-order valence-electron chi connectivity index (χ3n) is 3.58. The first-order valence-electron chi connectivity index (χ1n) is 6.80. The predicted octanol–water partition coefficient (Wildman–Crippen LogP) is 4.19. The first-order chi connectivity index (χ1) is 11.0. The van der Waals surface area contributed by atoms with E-state index in [9.17, 15) is 13.2 Å². The molecule has 114 valence electrons. The number of aromatic amines is 1. The van der Waals surface area contributed by atoms with Gasteiger partial charge in [-0.1, -0.05) is 24.3 Å². The molecule has 0 aliphatic carbocycles. The largest absolute Gasteiger partial charge is 0.432 e. The summed E-state index contributed by atoms with van der Waals surface area (Å²) in [5.41, 5.74) is 0.954. The number of nitrogens with one attached hydrogen (secondary N) is 1. The lowest BCUT2D eigenvalue weighted by molar-refractivity contribution is -0.141. The molecule has 0 fully saturated rings. The van der Waals surface area contributed by atoms with Crippen molar-refractivity contribution in [2.45, 2.75) is 6.18 Å². The summed E-state index contributed by atoms with van der Waals surface area (Å²) in [7, 11) is 0. The Morgan fingerprint density at radius 3 is 2.35 bits per heavy atom. The molecule has 4 aromatic rings. The van der Waals surface area contributed by atoms with E-state index in [1.165, 1.54) is 0 Å². The van der Waals surface area contributed by atoms with Gasteiger partial charge >= 0.3 is 6.18 Å². The zero-order chi connectivity index (χ0) is 16.0. The van der Waals surface area contributed by atoms with Crippen molar-refractivity contribution in [2.24, 2.45) is 0 Å². The summed E-state index contributed by atoms with van der Waals surface area (Å²) >= 11 is 0. The number of benzene rings is 1. The third kappa shape index (κ3) is 2.30. The molecule has 7 heteroatoms. The van der Waals surface area contributed by atoms with Crippen LogP contribution < -0.4 is 0 Å². The molecule has 0 saturated heterocycles. The van der Waals surface area contributed by atoms with E-state index < -0.39 is 11.9 Å². The highest BCUT2D eigenvalue weighted by atomic mass is 19.4. The molecule has 23 heavy (non-hydrogen) atoms. The molecule has 3 heterocycles. The molecule has 0 unspecified atom stereocenters. The van der Waals surface area contributed by atoms with E-state index in [1.807, 2.05) is 29.4 Å². The summed E-state index contributed by atoms with van der Waals surface area (Å²) in [6, 6.07) is 12.0. The Kier molecular flexibility index (Phi) is 2.84. The molecule has 4 nitrogen and oxygen atoms in total. The van der Waals surface area contributed by atoms with Crippen LogP contribution in [0, 0.1) is 0 Å². The summed E-state index contributed by atoms with van der Waals surface area (Å²) in [5, 5.41) is 7.50. The van der Waals surface area contributed by atoms with Gasteiger partial charge in [-0.3, -0.25) is 10.1 Å². The fourth-order valence-electron chi connectivity index (χ4n) is 2.46.